The van der Waals surface area contributed by atoms with E-state index in [1.54, 1.807) is 14.0 Å². The van der Waals surface area contributed by atoms with Crippen LogP contribution in [0.2, 0.25) is 0 Å². The molecule has 0 bridgehead atoms. The van der Waals surface area contributed by atoms with Crippen molar-refractivity contribution >= 4 is 0 Å². The van der Waals surface area contributed by atoms with Gasteiger partial charge < -0.3 is 4.74 Å². The predicted octanol–water partition coefficient (Wildman–Crippen LogP) is 1.51. The average molecular weight is 219 g/mol. The Kier molecular flexibility index (Phi) is 3.53. The number of ether oxygens (including phenoxy) is 1. The van der Waals surface area contributed by atoms with E-state index in [0.29, 0.717) is 0 Å². The highest BCUT2D eigenvalue weighted by atomic mass is 16.5. The Morgan fingerprint density at radius 2 is 2.00 bits per heavy atom. The van der Waals surface area contributed by atoms with Gasteiger partial charge in [0.05, 0.1) is 13.2 Å². The summed E-state index contributed by atoms with van der Waals surface area (Å²) in [7, 11) is 1.63. The van der Waals surface area contributed by atoms with Gasteiger partial charge in [-0.15, -0.1) is 0 Å². The third kappa shape index (κ3) is 2.01. The van der Waals surface area contributed by atoms with Crippen LogP contribution < -0.4 is 16.0 Å². The molecule has 3 N–H and O–H groups in total. The van der Waals surface area contributed by atoms with Gasteiger partial charge in [0.15, 0.2) is 0 Å². The first kappa shape index (κ1) is 12.5. The zero-order valence-electron chi connectivity index (χ0n) is 10.1. The molecule has 1 aromatic rings. The Labute approximate surface area is 96.0 Å². The van der Waals surface area contributed by atoms with Gasteiger partial charge in [0.1, 0.15) is 11.3 Å². The second-order valence-corrected chi connectivity index (χ2v) is 4.02. The number of nitrogens with one attached hydrogen (secondary N) is 1. The SMILES string of the molecule is COc1cc(C)c(C(C)(C#N)NN)cc1C. The van der Waals surface area contributed by atoms with Crippen molar-refractivity contribution in [1.29, 1.82) is 5.26 Å². The van der Waals surface area contributed by atoms with Gasteiger partial charge in [0, 0.05) is 0 Å². The molecule has 0 spiro atoms. The molecule has 0 heterocycles. The molecule has 86 valence electrons. The van der Waals surface area contributed by atoms with Crippen molar-refractivity contribution in [1.82, 2.24) is 5.43 Å². The van der Waals surface area contributed by atoms with Crippen LogP contribution in [0.3, 0.4) is 0 Å². The second kappa shape index (κ2) is 4.52. The van der Waals surface area contributed by atoms with E-state index < -0.39 is 5.54 Å². The lowest BCUT2D eigenvalue weighted by Crippen LogP contribution is -2.43. The molecule has 0 aliphatic carbocycles. The van der Waals surface area contributed by atoms with Gasteiger partial charge in [-0.2, -0.15) is 5.26 Å². The third-order valence-corrected chi connectivity index (χ3v) is 2.79. The zero-order chi connectivity index (χ0) is 12.3. The number of methoxy groups -OCH3 is 1. The highest BCUT2D eigenvalue weighted by Gasteiger charge is 2.27. The van der Waals surface area contributed by atoms with Crippen LogP contribution in [0.4, 0.5) is 0 Å². The van der Waals surface area contributed by atoms with Gasteiger partial charge >= 0.3 is 0 Å². The van der Waals surface area contributed by atoms with E-state index in [2.05, 4.69) is 11.5 Å². The first-order valence-electron chi connectivity index (χ1n) is 5.03. The Hall–Kier alpha value is -1.57. The van der Waals surface area contributed by atoms with Crippen molar-refractivity contribution in [2.75, 3.05) is 7.11 Å². The molecule has 1 rings (SSSR count). The summed E-state index contributed by atoms with van der Waals surface area (Å²) in [6, 6.07) is 6.02. The van der Waals surface area contributed by atoms with Crippen LogP contribution in [0, 0.1) is 25.2 Å². The molecule has 0 amide bonds. The van der Waals surface area contributed by atoms with Gasteiger partial charge in [-0.3, -0.25) is 5.84 Å². The Morgan fingerprint density at radius 1 is 1.38 bits per heavy atom. The van der Waals surface area contributed by atoms with Crippen LogP contribution >= 0.6 is 0 Å². The summed E-state index contributed by atoms with van der Waals surface area (Å²) >= 11 is 0. The summed E-state index contributed by atoms with van der Waals surface area (Å²) in [5.74, 6) is 6.25. The lowest BCUT2D eigenvalue weighted by Gasteiger charge is -2.24. The molecule has 0 fully saturated rings. The standard InChI is InChI=1S/C12H17N3O/c1-8-6-11(16-4)9(2)5-10(8)12(3,7-13)15-14/h5-6,15H,14H2,1-4H3. The van der Waals surface area contributed by atoms with Crippen molar-refractivity contribution in [3.63, 3.8) is 0 Å². The largest absolute Gasteiger partial charge is 0.496 e. The molecule has 16 heavy (non-hydrogen) atoms. The third-order valence-electron chi connectivity index (χ3n) is 2.79. The number of hydrogen-bond donors (Lipinski definition) is 2. The molecule has 0 aliphatic rings. The molecule has 0 saturated heterocycles. The maximum atomic E-state index is 9.16. The van der Waals surface area contributed by atoms with E-state index in [9.17, 15) is 0 Å². The van der Waals surface area contributed by atoms with Crippen molar-refractivity contribution in [3.8, 4) is 11.8 Å². The van der Waals surface area contributed by atoms with Crippen molar-refractivity contribution in [3.05, 3.63) is 28.8 Å². The van der Waals surface area contributed by atoms with E-state index in [1.807, 2.05) is 26.0 Å². The number of nitriles is 1. The minimum absolute atomic E-state index is 0.818. The summed E-state index contributed by atoms with van der Waals surface area (Å²) in [6.45, 7) is 5.63. The minimum Gasteiger partial charge on any atom is -0.496 e. The summed E-state index contributed by atoms with van der Waals surface area (Å²) < 4.78 is 5.23. The molecule has 0 aliphatic heterocycles. The van der Waals surface area contributed by atoms with Crippen LogP contribution in [0.25, 0.3) is 0 Å². The van der Waals surface area contributed by atoms with Gasteiger partial charge in [-0.25, -0.2) is 5.43 Å². The van der Waals surface area contributed by atoms with Crippen LogP contribution in [-0.2, 0) is 5.54 Å². The van der Waals surface area contributed by atoms with Gasteiger partial charge in [-0.1, -0.05) is 0 Å². The number of hydrogen-bond acceptors (Lipinski definition) is 4. The molecule has 1 unspecified atom stereocenters. The minimum atomic E-state index is -0.874. The highest BCUT2D eigenvalue weighted by molar-refractivity contribution is 5.46. The maximum absolute atomic E-state index is 9.16. The molecular weight excluding hydrogens is 202 g/mol. The predicted molar refractivity (Wildman–Crippen MR) is 62.8 cm³/mol. The van der Waals surface area contributed by atoms with E-state index >= 15 is 0 Å². The number of nitrogens with two attached hydrogens (primary N) is 1. The summed E-state index contributed by atoms with van der Waals surface area (Å²) in [6.07, 6.45) is 0. The molecule has 1 atom stereocenters. The molecule has 0 saturated carbocycles. The molecule has 4 heteroatoms. The van der Waals surface area contributed by atoms with E-state index in [4.69, 9.17) is 15.8 Å². The zero-order valence-corrected chi connectivity index (χ0v) is 10.1. The first-order chi connectivity index (χ1) is 7.48. The fourth-order valence-electron chi connectivity index (χ4n) is 1.72. The average Bonchev–Trinajstić information content (AvgIpc) is 2.30. The number of aryl methyl sites for hydroxylation is 2. The fraction of sp³-hybridized carbons (Fsp3) is 0.417. The monoisotopic (exact) mass is 219 g/mol. The van der Waals surface area contributed by atoms with E-state index in [0.717, 1.165) is 22.4 Å². The van der Waals surface area contributed by atoms with Crippen LogP contribution in [0.15, 0.2) is 12.1 Å². The summed E-state index contributed by atoms with van der Waals surface area (Å²) in [4.78, 5) is 0. The van der Waals surface area contributed by atoms with Crippen molar-refractivity contribution in [2.45, 2.75) is 26.3 Å². The van der Waals surface area contributed by atoms with Crippen molar-refractivity contribution in [2.24, 2.45) is 5.84 Å². The quantitative estimate of drug-likeness (QED) is 0.597. The second-order valence-electron chi connectivity index (χ2n) is 4.02. The molecule has 4 nitrogen and oxygen atoms in total. The summed E-state index contributed by atoms with van der Waals surface area (Å²) in [5.41, 5.74) is 4.51. The topological polar surface area (TPSA) is 71.1 Å². The van der Waals surface area contributed by atoms with Crippen LogP contribution in [-0.4, -0.2) is 7.11 Å². The molecular formula is C12H17N3O. The number of nitrogens with zero attached hydrogens (tertiary/aromatic N) is 1. The maximum Gasteiger partial charge on any atom is 0.141 e. The van der Waals surface area contributed by atoms with E-state index in [1.165, 1.54) is 0 Å². The normalized spacial score (nSPS) is 14.0. The fourth-order valence-corrected chi connectivity index (χ4v) is 1.72. The van der Waals surface area contributed by atoms with Crippen LogP contribution in [0.5, 0.6) is 5.75 Å². The molecule has 1 aromatic carbocycles. The Morgan fingerprint density at radius 3 is 2.44 bits per heavy atom. The van der Waals surface area contributed by atoms with Gasteiger partial charge in [0.25, 0.3) is 0 Å². The highest BCUT2D eigenvalue weighted by Crippen LogP contribution is 2.29. The number of benzene rings is 1. The lowest BCUT2D eigenvalue weighted by molar-refractivity contribution is 0.409. The number of hydrazine groups is 1. The number of rotatable bonds is 3. The smallest absolute Gasteiger partial charge is 0.141 e. The summed E-state index contributed by atoms with van der Waals surface area (Å²) in [5, 5.41) is 9.16. The molecule has 0 aromatic heterocycles. The first-order valence-corrected chi connectivity index (χ1v) is 5.03. The molecule has 0 radical (unpaired) electrons. The Balaban J connectivity index is 3.37. The van der Waals surface area contributed by atoms with Gasteiger partial charge in [0.2, 0.25) is 0 Å². The van der Waals surface area contributed by atoms with Crippen LogP contribution in [0.1, 0.15) is 23.6 Å². The van der Waals surface area contributed by atoms with Crippen molar-refractivity contribution < 1.29 is 4.74 Å². The Bertz CT molecular complexity index is 437. The lowest BCUT2D eigenvalue weighted by atomic mass is 9.89. The van der Waals surface area contributed by atoms with E-state index in [-0.39, 0.29) is 0 Å². The van der Waals surface area contributed by atoms with Gasteiger partial charge in [-0.05, 0) is 49.6 Å².